The van der Waals surface area contributed by atoms with Gasteiger partial charge in [-0.25, -0.2) is 4.79 Å². The maximum Gasteiger partial charge on any atom is 0.490 e. The van der Waals surface area contributed by atoms with E-state index >= 15 is 0 Å². The number of carbonyl (C=O) groups is 1. The quantitative estimate of drug-likeness (QED) is 0.494. The highest BCUT2D eigenvalue weighted by Crippen LogP contribution is 2.13. The number of aliphatic hydroxyl groups excluding tert-OH is 1. The first-order chi connectivity index (χ1) is 6.86. The van der Waals surface area contributed by atoms with Gasteiger partial charge in [-0.15, -0.1) is 0 Å². The molecule has 0 amide bonds. The summed E-state index contributed by atoms with van der Waals surface area (Å²) in [7, 11) is 0. The molecule has 0 heterocycles. The average molecular weight is 229 g/mol. The van der Waals surface area contributed by atoms with Gasteiger partial charge in [-0.1, -0.05) is 12.2 Å². The van der Waals surface area contributed by atoms with Crippen LogP contribution in [0.25, 0.3) is 0 Å². The Morgan fingerprint density at radius 3 is 2.07 bits per heavy atom. The summed E-state index contributed by atoms with van der Waals surface area (Å²) in [5.41, 5.74) is 5.21. The molecule has 0 aromatic carbocycles. The topological polar surface area (TPSA) is 83.5 Å². The monoisotopic (exact) mass is 229 g/mol. The van der Waals surface area contributed by atoms with Crippen LogP contribution in [0.2, 0.25) is 0 Å². The predicted octanol–water partition coefficient (Wildman–Crippen LogP) is 0.907. The van der Waals surface area contributed by atoms with Gasteiger partial charge in [0.2, 0.25) is 0 Å². The van der Waals surface area contributed by atoms with Gasteiger partial charge in [-0.3, -0.25) is 0 Å². The molecular formula is C8H14F3NO3. The predicted molar refractivity (Wildman–Crippen MR) is 48.2 cm³/mol. The number of aliphatic carboxylic acids is 1. The molecule has 0 fully saturated rings. The molecule has 0 aliphatic rings. The van der Waals surface area contributed by atoms with Crippen molar-refractivity contribution >= 4 is 5.97 Å². The number of aliphatic hydroxyl groups is 1. The Hall–Kier alpha value is -1.08. The molecule has 90 valence electrons. The van der Waals surface area contributed by atoms with E-state index in [9.17, 15) is 13.2 Å². The lowest BCUT2D eigenvalue weighted by Gasteiger charge is -1.93. The van der Waals surface area contributed by atoms with Crippen LogP contribution in [0.5, 0.6) is 0 Å². The van der Waals surface area contributed by atoms with Gasteiger partial charge in [0.1, 0.15) is 0 Å². The number of carboxylic acid groups (broad SMARTS) is 1. The van der Waals surface area contributed by atoms with Gasteiger partial charge in [-0.2, -0.15) is 13.2 Å². The van der Waals surface area contributed by atoms with Gasteiger partial charge in [0, 0.05) is 0 Å². The molecule has 0 rings (SSSR count). The van der Waals surface area contributed by atoms with Crippen molar-refractivity contribution < 1.29 is 28.2 Å². The number of alkyl halides is 3. The van der Waals surface area contributed by atoms with Gasteiger partial charge in [0.25, 0.3) is 0 Å². The second-order valence-electron chi connectivity index (χ2n) is 2.39. The maximum atomic E-state index is 10.6. The van der Waals surface area contributed by atoms with Crippen molar-refractivity contribution in [2.75, 3.05) is 13.2 Å². The molecule has 0 radical (unpaired) electrons. The molecule has 0 saturated heterocycles. The summed E-state index contributed by atoms with van der Waals surface area (Å²) in [6.07, 6.45) is 0.579. The first kappa shape index (κ1) is 16.4. The zero-order valence-electron chi connectivity index (χ0n) is 8.00. The summed E-state index contributed by atoms with van der Waals surface area (Å²) in [5.74, 6) is -2.76. The number of carboxylic acids is 1. The van der Waals surface area contributed by atoms with Gasteiger partial charge in [0.15, 0.2) is 0 Å². The Morgan fingerprint density at radius 2 is 1.80 bits per heavy atom. The summed E-state index contributed by atoms with van der Waals surface area (Å²) < 4.78 is 31.7. The molecule has 0 aromatic rings. The minimum Gasteiger partial charge on any atom is -0.475 e. The van der Waals surface area contributed by atoms with Crippen molar-refractivity contribution in [2.45, 2.75) is 19.0 Å². The zero-order valence-corrected chi connectivity index (χ0v) is 8.00. The zero-order chi connectivity index (χ0) is 12.3. The molecule has 0 bridgehead atoms. The first-order valence-electron chi connectivity index (χ1n) is 4.12. The SMILES string of the molecule is NCCC/C=C/CO.O=C(O)C(F)(F)F. The van der Waals surface area contributed by atoms with Crippen LogP contribution in [0, 0.1) is 0 Å². The number of nitrogens with two attached hydrogens (primary N) is 1. The van der Waals surface area contributed by atoms with Crippen molar-refractivity contribution in [3.8, 4) is 0 Å². The van der Waals surface area contributed by atoms with Gasteiger partial charge in [0.05, 0.1) is 6.61 Å². The van der Waals surface area contributed by atoms with Crippen LogP contribution in [0.1, 0.15) is 12.8 Å². The molecule has 0 spiro atoms. The maximum absolute atomic E-state index is 10.6. The number of unbranched alkanes of at least 4 members (excludes halogenated alkanes) is 1. The van der Waals surface area contributed by atoms with Crippen molar-refractivity contribution in [3.63, 3.8) is 0 Å². The Morgan fingerprint density at radius 1 is 1.33 bits per heavy atom. The van der Waals surface area contributed by atoms with Crippen LogP contribution < -0.4 is 5.73 Å². The standard InChI is InChI=1S/C6H13NO.C2HF3O2/c7-5-3-1-2-4-6-8;3-2(4,5)1(6)7/h2,4,8H,1,3,5-7H2;(H,6,7)/b4-2+;. The minimum absolute atomic E-state index is 0.143. The molecule has 15 heavy (non-hydrogen) atoms. The van der Waals surface area contributed by atoms with Gasteiger partial charge >= 0.3 is 12.1 Å². The van der Waals surface area contributed by atoms with E-state index in [1.165, 1.54) is 0 Å². The number of allylic oxidation sites excluding steroid dienone is 1. The van der Waals surface area contributed by atoms with E-state index in [4.69, 9.17) is 20.7 Å². The molecule has 0 aliphatic heterocycles. The normalized spacial score (nSPS) is 11.0. The van der Waals surface area contributed by atoms with Crippen molar-refractivity contribution in [1.29, 1.82) is 0 Å². The molecule has 0 aromatic heterocycles. The van der Waals surface area contributed by atoms with Gasteiger partial charge < -0.3 is 15.9 Å². The van der Waals surface area contributed by atoms with E-state index in [-0.39, 0.29) is 6.61 Å². The van der Waals surface area contributed by atoms with Crippen LogP contribution in [0.4, 0.5) is 13.2 Å². The summed E-state index contributed by atoms with van der Waals surface area (Å²) in [5, 5.41) is 15.4. The van der Waals surface area contributed by atoms with Crippen molar-refractivity contribution in [1.82, 2.24) is 0 Å². The van der Waals surface area contributed by atoms with E-state index in [0.717, 1.165) is 19.4 Å². The van der Waals surface area contributed by atoms with Crippen molar-refractivity contribution in [3.05, 3.63) is 12.2 Å². The second kappa shape index (κ2) is 9.47. The molecule has 0 unspecified atom stereocenters. The molecule has 4 N–H and O–H groups in total. The molecule has 4 nitrogen and oxygen atoms in total. The van der Waals surface area contributed by atoms with E-state index in [1.807, 2.05) is 6.08 Å². The Kier molecular flexibility index (Phi) is 10.3. The highest BCUT2D eigenvalue weighted by molar-refractivity contribution is 5.73. The lowest BCUT2D eigenvalue weighted by molar-refractivity contribution is -0.192. The molecule has 0 saturated carbocycles. The summed E-state index contributed by atoms with van der Waals surface area (Å²) in [4.78, 5) is 8.90. The third kappa shape index (κ3) is 15.7. The molecular weight excluding hydrogens is 215 g/mol. The Labute approximate surface area is 85.2 Å². The molecule has 0 aliphatic carbocycles. The van der Waals surface area contributed by atoms with Crippen LogP contribution in [-0.2, 0) is 4.79 Å². The third-order valence-corrected chi connectivity index (χ3v) is 1.09. The Bertz CT molecular complexity index is 192. The van der Waals surface area contributed by atoms with E-state index in [1.54, 1.807) is 6.08 Å². The first-order valence-corrected chi connectivity index (χ1v) is 4.12. The highest BCUT2D eigenvalue weighted by atomic mass is 19.4. The van der Waals surface area contributed by atoms with Crippen LogP contribution in [0.15, 0.2) is 12.2 Å². The smallest absolute Gasteiger partial charge is 0.475 e. The minimum atomic E-state index is -5.08. The summed E-state index contributed by atoms with van der Waals surface area (Å²) in [6.45, 7) is 0.875. The van der Waals surface area contributed by atoms with Gasteiger partial charge in [-0.05, 0) is 19.4 Å². The third-order valence-electron chi connectivity index (χ3n) is 1.09. The fourth-order valence-electron chi connectivity index (χ4n) is 0.428. The fourth-order valence-corrected chi connectivity index (χ4v) is 0.428. The largest absolute Gasteiger partial charge is 0.490 e. The Balaban J connectivity index is 0. The van der Waals surface area contributed by atoms with Crippen LogP contribution >= 0.6 is 0 Å². The van der Waals surface area contributed by atoms with Crippen LogP contribution in [-0.4, -0.2) is 35.5 Å². The van der Waals surface area contributed by atoms with Crippen LogP contribution in [0.3, 0.4) is 0 Å². The van der Waals surface area contributed by atoms with E-state index in [0.29, 0.717) is 0 Å². The number of hydrogen-bond acceptors (Lipinski definition) is 3. The van der Waals surface area contributed by atoms with E-state index in [2.05, 4.69) is 0 Å². The van der Waals surface area contributed by atoms with Crippen molar-refractivity contribution in [2.24, 2.45) is 5.73 Å². The highest BCUT2D eigenvalue weighted by Gasteiger charge is 2.38. The number of rotatable bonds is 4. The van der Waals surface area contributed by atoms with E-state index < -0.39 is 12.1 Å². The number of hydrogen-bond donors (Lipinski definition) is 3. The fraction of sp³-hybridized carbons (Fsp3) is 0.625. The molecule has 7 heteroatoms. The lowest BCUT2D eigenvalue weighted by atomic mass is 10.3. The second-order valence-corrected chi connectivity index (χ2v) is 2.39. The number of halogens is 3. The average Bonchev–Trinajstić information content (AvgIpc) is 2.12. The molecule has 0 atom stereocenters. The summed E-state index contributed by atoms with van der Waals surface area (Å²) in [6, 6.07) is 0. The lowest BCUT2D eigenvalue weighted by Crippen LogP contribution is -2.21. The summed E-state index contributed by atoms with van der Waals surface area (Å²) >= 11 is 0.